The molecule has 2 aromatic heterocycles. The van der Waals surface area contributed by atoms with E-state index in [1.807, 2.05) is 19.1 Å². The molecule has 2 saturated carbocycles. The van der Waals surface area contributed by atoms with Gasteiger partial charge in [0.1, 0.15) is 22.1 Å². The highest BCUT2D eigenvalue weighted by Crippen LogP contribution is 2.40. The van der Waals surface area contributed by atoms with Crippen molar-refractivity contribution >= 4 is 33.3 Å². The SMILES string of the molecule is COc1cccc2sc(-c3c(C)nc(NCC4CC4)nc3NC3CCC(CO)C3)nc12. The Morgan fingerprint density at radius 3 is 2.71 bits per heavy atom. The molecule has 0 radical (unpaired) electrons. The van der Waals surface area contributed by atoms with Crippen LogP contribution in [0.4, 0.5) is 11.8 Å². The second-order valence-electron chi connectivity index (χ2n) is 8.71. The van der Waals surface area contributed by atoms with Crippen molar-refractivity contribution in [1.82, 2.24) is 15.0 Å². The molecule has 2 aliphatic rings. The molecule has 1 aromatic carbocycles. The molecular weight excluding hydrogens is 410 g/mol. The fourth-order valence-corrected chi connectivity index (χ4v) is 5.41. The van der Waals surface area contributed by atoms with Crippen LogP contribution in [0.3, 0.4) is 0 Å². The van der Waals surface area contributed by atoms with Gasteiger partial charge in [0.25, 0.3) is 0 Å². The van der Waals surface area contributed by atoms with E-state index in [2.05, 4.69) is 16.7 Å². The Kier molecular flexibility index (Phi) is 5.67. The Bertz CT molecular complexity index is 1080. The van der Waals surface area contributed by atoms with Gasteiger partial charge in [-0.05, 0) is 63.0 Å². The maximum Gasteiger partial charge on any atom is 0.224 e. The molecule has 2 aliphatic carbocycles. The number of aromatic nitrogens is 3. The lowest BCUT2D eigenvalue weighted by molar-refractivity contribution is 0.229. The number of thiazole rings is 1. The molecule has 0 bridgehead atoms. The third-order valence-electron chi connectivity index (χ3n) is 6.29. The number of fused-ring (bicyclic) bond motifs is 1. The zero-order chi connectivity index (χ0) is 21.4. The molecule has 164 valence electrons. The normalized spacial score (nSPS) is 20.9. The minimum Gasteiger partial charge on any atom is -0.494 e. The Labute approximate surface area is 186 Å². The molecule has 0 spiro atoms. The molecule has 3 N–H and O–H groups in total. The van der Waals surface area contributed by atoms with E-state index < -0.39 is 0 Å². The van der Waals surface area contributed by atoms with Gasteiger partial charge in [-0.25, -0.2) is 9.97 Å². The zero-order valence-corrected chi connectivity index (χ0v) is 18.8. The maximum absolute atomic E-state index is 9.54. The van der Waals surface area contributed by atoms with Crippen molar-refractivity contribution in [2.75, 3.05) is 30.9 Å². The first kappa shape index (κ1) is 20.5. The third kappa shape index (κ3) is 4.32. The van der Waals surface area contributed by atoms with Gasteiger partial charge in [0, 0.05) is 19.2 Å². The highest BCUT2D eigenvalue weighted by Gasteiger charge is 2.27. The van der Waals surface area contributed by atoms with Crippen LogP contribution in [-0.4, -0.2) is 46.4 Å². The second-order valence-corrected chi connectivity index (χ2v) is 9.74. The Morgan fingerprint density at radius 1 is 1.13 bits per heavy atom. The molecule has 3 aromatic rings. The highest BCUT2D eigenvalue weighted by atomic mass is 32.1. The third-order valence-corrected chi connectivity index (χ3v) is 7.33. The summed E-state index contributed by atoms with van der Waals surface area (Å²) < 4.78 is 6.59. The van der Waals surface area contributed by atoms with Crippen LogP contribution in [0.15, 0.2) is 18.2 Å². The predicted octanol–water partition coefficient (Wildman–Crippen LogP) is 4.47. The average molecular weight is 440 g/mol. The van der Waals surface area contributed by atoms with Crippen LogP contribution in [0.5, 0.6) is 5.75 Å². The van der Waals surface area contributed by atoms with Crippen LogP contribution < -0.4 is 15.4 Å². The van der Waals surface area contributed by atoms with Gasteiger partial charge in [0.05, 0.1) is 23.1 Å². The quantitative estimate of drug-likeness (QED) is 0.477. The van der Waals surface area contributed by atoms with E-state index in [4.69, 9.17) is 19.7 Å². The number of aliphatic hydroxyl groups excluding tert-OH is 1. The number of aryl methyl sites for hydroxylation is 1. The van der Waals surface area contributed by atoms with E-state index in [0.717, 1.165) is 69.8 Å². The molecule has 0 amide bonds. The number of ether oxygens (including phenoxy) is 1. The van der Waals surface area contributed by atoms with Crippen LogP contribution in [0.2, 0.25) is 0 Å². The minimum absolute atomic E-state index is 0.250. The fraction of sp³-hybridized carbons (Fsp3) is 0.522. The second kappa shape index (κ2) is 8.59. The Morgan fingerprint density at radius 2 is 1.97 bits per heavy atom. The molecule has 31 heavy (non-hydrogen) atoms. The number of para-hydroxylation sites is 1. The largest absolute Gasteiger partial charge is 0.494 e. The summed E-state index contributed by atoms with van der Waals surface area (Å²) in [5, 5.41) is 17.5. The summed E-state index contributed by atoms with van der Waals surface area (Å²) in [5.41, 5.74) is 2.73. The topological polar surface area (TPSA) is 92.2 Å². The fourth-order valence-electron chi connectivity index (χ4n) is 4.33. The van der Waals surface area contributed by atoms with Crippen LogP contribution >= 0.6 is 11.3 Å². The van der Waals surface area contributed by atoms with Gasteiger partial charge >= 0.3 is 0 Å². The molecule has 2 heterocycles. The van der Waals surface area contributed by atoms with Crippen LogP contribution in [0.1, 0.15) is 37.8 Å². The number of hydrogen-bond donors (Lipinski definition) is 3. The number of aliphatic hydroxyl groups is 1. The van der Waals surface area contributed by atoms with Crippen LogP contribution in [0, 0.1) is 18.8 Å². The van der Waals surface area contributed by atoms with Gasteiger partial charge in [-0.1, -0.05) is 6.07 Å². The number of benzene rings is 1. The van der Waals surface area contributed by atoms with E-state index >= 15 is 0 Å². The monoisotopic (exact) mass is 439 g/mol. The first-order valence-corrected chi connectivity index (χ1v) is 11.9. The number of rotatable bonds is 8. The van der Waals surface area contributed by atoms with Crippen LogP contribution in [-0.2, 0) is 0 Å². The molecule has 2 atom stereocenters. The summed E-state index contributed by atoms with van der Waals surface area (Å²) in [6.07, 6.45) is 5.60. The highest BCUT2D eigenvalue weighted by molar-refractivity contribution is 7.21. The smallest absolute Gasteiger partial charge is 0.224 e. The standard InChI is InChI=1S/C23H29N5O2S/c1-13-19(22-27-20-17(30-2)4-3-5-18(20)31-22)21(26-16-9-8-15(10-16)12-29)28-23(25-13)24-11-14-6-7-14/h3-5,14-16,29H,6-12H2,1-2H3,(H2,24,25,26,28). The molecule has 5 rings (SSSR count). The summed E-state index contributed by atoms with van der Waals surface area (Å²) in [5.74, 6) is 3.38. The molecule has 0 aliphatic heterocycles. The average Bonchev–Trinajstić information content (AvgIpc) is 3.32. The van der Waals surface area contributed by atoms with Crippen molar-refractivity contribution in [3.63, 3.8) is 0 Å². The van der Waals surface area contributed by atoms with E-state index in [9.17, 15) is 5.11 Å². The first-order chi connectivity index (χ1) is 15.1. The summed E-state index contributed by atoms with van der Waals surface area (Å²) in [7, 11) is 1.67. The van der Waals surface area contributed by atoms with Gasteiger partial charge in [-0.15, -0.1) is 11.3 Å². The summed E-state index contributed by atoms with van der Waals surface area (Å²) in [4.78, 5) is 14.5. The molecule has 8 heteroatoms. The van der Waals surface area contributed by atoms with Crippen molar-refractivity contribution in [3.8, 4) is 16.3 Å². The number of hydrogen-bond acceptors (Lipinski definition) is 8. The number of methoxy groups -OCH3 is 1. The maximum atomic E-state index is 9.54. The van der Waals surface area contributed by atoms with E-state index in [-0.39, 0.29) is 6.61 Å². The van der Waals surface area contributed by atoms with Crippen molar-refractivity contribution in [2.24, 2.45) is 11.8 Å². The van der Waals surface area contributed by atoms with E-state index in [1.165, 1.54) is 12.8 Å². The molecule has 2 unspecified atom stereocenters. The summed E-state index contributed by atoms with van der Waals surface area (Å²) in [6, 6.07) is 6.29. The predicted molar refractivity (Wildman–Crippen MR) is 125 cm³/mol. The molecule has 0 saturated heterocycles. The lowest BCUT2D eigenvalue weighted by Gasteiger charge is -2.18. The first-order valence-electron chi connectivity index (χ1n) is 11.1. The summed E-state index contributed by atoms with van der Waals surface area (Å²) in [6.45, 7) is 3.20. The lowest BCUT2D eigenvalue weighted by Crippen LogP contribution is -2.19. The Hall–Kier alpha value is -2.45. The number of anilines is 2. The molecular formula is C23H29N5O2S. The van der Waals surface area contributed by atoms with Gasteiger partial charge in [-0.3, -0.25) is 0 Å². The summed E-state index contributed by atoms with van der Waals surface area (Å²) >= 11 is 1.63. The van der Waals surface area contributed by atoms with Gasteiger partial charge in [0.2, 0.25) is 5.95 Å². The van der Waals surface area contributed by atoms with E-state index in [1.54, 1.807) is 18.4 Å². The molecule has 7 nitrogen and oxygen atoms in total. The van der Waals surface area contributed by atoms with Crippen molar-refractivity contribution in [2.45, 2.75) is 45.1 Å². The van der Waals surface area contributed by atoms with Gasteiger partial charge < -0.3 is 20.5 Å². The van der Waals surface area contributed by atoms with Gasteiger partial charge in [0.15, 0.2) is 0 Å². The number of nitrogens with one attached hydrogen (secondary N) is 2. The molecule has 2 fully saturated rings. The Balaban J connectivity index is 1.53. The lowest BCUT2D eigenvalue weighted by atomic mass is 10.1. The van der Waals surface area contributed by atoms with E-state index in [0.29, 0.717) is 17.9 Å². The number of nitrogens with zero attached hydrogens (tertiary/aromatic N) is 3. The zero-order valence-electron chi connectivity index (χ0n) is 18.0. The van der Waals surface area contributed by atoms with Crippen molar-refractivity contribution in [1.29, 1.82) is 0 Å². The van der Waals surface area contributed by atoms with Crippen LogP contribution in [0.25, 0.3) is 20.8 Å². The van der Waals surface area contributed by atoms with Crippen molar-refractivity contribution < 1.29 is 9.84 Å². The van der Waals surface area contributed by atoms with Gasteiger partial charge in [-0.2, -0.15) is 4.98 Å². The minimum atomic E-state index is 0.250. The van der Waals surface area contributed by atoms with Crippen molar-refractivity contribution in [3.05, 3.63) is 23.9 Å².